The van der Waals surface area contributed by atoms with Crippen LogP contribution in [0.3, 0.4) is 0 Å². The minimum Gasteiger partial charge on any atom is -0.497 e. The summed E-state index contributed by atoms with van der Waals surface area (Å²) in [7, 11) is 1.62. The number of amidine groups is 1. The fourth-order valence-corrected chi connectivity index (χ4v) is 5.50. The van der Waals surface area contributed by atoms with Crippen LogP contribution >= 0.6 is 43.6 Å². The first kappa shape index (κ1) is 27.3. The van der Waals surface area contributed by atoms with E-state index < -0.39 is 0 Å². The normalized spacial score (nSPS) is 15.5. The van der Waals surface area contributed by atoms with Crippen LogP contribution in [0.1, 0.15) is 25.0 Å². The Morgan fingerprint density at radius 2 is 1.73 bits per heavy atom. The molecule has 1 aliphatic rings. The molecule has 3 aromatic carbocycles. The molecule has 0 unspecified atom stereocenters. The highest BCUT2D eigenvalue weighted by Gasteiger charge is 2.32. The molecule has 0 aromatic heterocycles. The maximum atomic E-state index is 13.2. The number of benzene rings is 3. The number of carbonyl (C=O) groups is 1. The van der Waals surface area contributed by atoms with Crippen LogP contribution in [0.5, 0.6) is 17.2 Å². The number of likely N-dealkylation sites (N-methyl/N-ethyl adjacent to an activating group) is 1. The lowest BCUT2D eigenvalue weighted by Gasteiger charge is -2.15. The van der Waals surface area contributed by atoms with Gasteiger partial charge in [0.2, 0.25) is 0 Å². The lowest BCUT2D eigenvalue weighted by atomic mass is 10.1. The summed E-state index contributed by atoms with van der Waals surface area (Å²) < 4.78 is 19.0. The third kappa shape index (κ3) is 6.77. The summed E-state index contributed by atoms with van der Waals surface area (Å²) in [5, 5.41) is 0.641. The van der Waals surface area contributed by atoms with Gasteiger partial charge in [0.25, 0.3) is 5.91 Å². The zero-order valence-electron chi connectivity index (χ0n) is 20.7. The summed E-state index contributed by atoms with van der Waals surface area (Å²) in [6, 6.07) is 19.2. The zero-order valence-corrected chi connectivity index (χ0v) is 24.7. The molecule has 0 spiro atoms. The standard InChI is InChI=1S/C28H26Br2N2O4S/c1-4-32-27(33)25(37-28(32)31-21-10-12-22(34-3)13-11-21)16-19-14-23(30)26(24(15-19)35-5-2)36-17-18-6-8-20(29)9-7-18/h6-16H,4-5,17H2,1-3H3/b25-16+,31-28?. The number of rotatable bonds is 9. The molecule has 1 heterocycles. The molecule has 1 aliphatic heterocycles. The second-order valence-corrected chi connectivity index (χ2v) is 10.7. The molecule has 9 heteroatoms. The highest BCUT2D eigenvalue weighted by molar-refractivity contribution is 9.10. The van der Waals surface area contributed by atoms with E-state index in [1.807, 2.05) is 80.6 Å². The van der Waals surface area contributed by atoms with Crippen LogP contribution in [0.25, 0.3) is 6.08 Å². The fourth-order valence-electron chi connectivity index (χ4n) is 3.60. The molecule has 4 rings (SSSR count). The molecule has 6 nitrogen and oxygen atoms in total. The molecule has 3 aromatic rings. The van der Waals surface area contributed by atoms with Gasteiger partial charge in [-0.1, -0.05) is 28.1 Å². The van der Waals surface area contributed by atoms with Crippen molar-refractivity contribution in [3.63, 3.8) is 0 Å². The molecule has 1 amide bonds. The number of halogens is 2. The Labute approximate surface area is 238 Å². The second-order valence-electron chi connectivity index (χ2n) is 7.93. The van der Waals surface area contributed by atoms with Gasteiger partial charge < -0.3 is 14.2 Å². The van der Waals surface area contributed by atoms with E-state index in [-0.39, 0.29) is 5.91 Å². The molecule has 0 saturated carbocycles. The third-order valence-corrected chi connectivity index (χ3v) is 7.55. The first-order valence-electron chi connectivity index (χ1n) is 11.7. The summed E-state index contributed by atoms with van der Waals surface area (Å²) in [5.74, 6) is 1.90. The van der Waals surface area contributed by atoms with Crippen LogP contribution in [0, 0.1) is 0 Å². The Kier molecular flexibility index (Phi) is 9.34. The van der Waals surface area contributed by atoms with Gasteiger partial charge >= 0.3 is 0 Å². The average molecular weight is 646 g/mol. The monoisotopic (exact) mass is 644 g/mol. The van der Waals surface area contributed by atoms with Crippen LogP contribution in [0.15, 0.2) is 79.5 Å². The highest BCUT2D eigenvalue weighted by Crippen LogP contribution is 2.40. The molecule has 192 valence electrons. The van der Waals surface area contributed by atoms with Crippen molar-refractivity contribution in [3.05, 3.63) is 85.6 Å². The van der Waals surface area contributed by atoms with Crippen molar-refractivity contribution >= 4 is 66.5 Å². The molecule has 0 bridgehead atoms. The van der Waals surface area contributed by atoms with Crippen molar-refractivity contribution < 1.29 is 19.0 Å². The molecule has 0 N–H and O–H groups in total. The molecular formula is C28H26Br2N2O4S. The minimum absolute atomic E-state index is 0.0793. The Bertz CT molecular complexity index is 1330. The van der Waals surface area contributed by atoms with Gasteiger partial charge in [0, 0.05) is 11.0 Å². The lowest BCUT2D eigenvalue weighted by molar-refractivity contribution is -0.122. The predicted molar refractivity (Wildman–Crippen MR) is 157 cm³/mol. The largest absolute Gasteiger partial charge is 0.497 e. The van der Waals surface area contributed by atoms with Crippen molar-refractivity contribution in [1.82, 2.24) is 4.90 Å². The van der Waals surface area contributed by atoms with E-state index >= 15 is 0 Å². The Balaban J connectivity index is 1.59. The molecule has 0 radical (unpaired) electrons. The number of hydrogen-bond acceptors (Lipinski definition) is 6. The number of methoxy groups -OCH3 is 1. The molecule has 0 aliphatic carbocycles. The van der Waals surface area contributed by atoms with Gasteiger partial charge in [-0.2, -0.15) is 0 Å². The summed E-state index contributed by atoms with van der Waals surface area (Å²) in [4.78, 5) is 20.1. The van der Waals surface area contributed by atoms with Gasteiger partial charge in [-0.05, 0) is 107 Å². The smallest absolute Gasteiger partial charge is 0.266 e. The summed E-state index contributed by atoms with van der Waals surface area (Å²) in [6.07, 6.45) is 1.86. The molecular weight excluding hydrogens is 620 g/mol. The van der Waals surface area contributed by atoms with E-state index in [2.05, 4.69) is 31.9 Å². The van der Waals surface area contributed by atoms with Crippen molar-refractivity contribution in [2.24, 2.45) is 4.99 Å². The number of amides is 1. The van der Waals surface area contributed by atoms with E-state index in [0.29, 0.717) is 41.3 Å². The summed E-state index contributed by atoms with van der Waals surface area (Å²) in [6.45, 7) is 5.27. The topological polar surface area (TPSA) is 60.4 Å². The van der Waals surface area contributed by atoms with Crippen LogP contribution in [0.2, 0.25) is 0 Å². The average Bonchev–Trinajstić information content (AvgIpc) is 3.18. The molecule has 1 saturated heterocycles. The predicted octanol–water partition coefficient (Wildman–Crippen LogP) is 7.82. The van der Waals surface area contributed by atoms with Crippen molar-refractivity contribution in [2.45, 2.75) is 20.5 Å². The maximum Gasteiger partial charge on any atom is 0.266 e. The Hall–Kier alpha value is -2.75. The quantitative estimate of drug-likeness (QED) is 0.222. The van der Waals surface area contributed by atoms with Gasteiger partial charge in [0.05, 0.1) is 28.8 Å². The van der Waals surface area contributed by atoms with Gasteiger partial charge in [-0.25, -0.2) is 4.99 Å². The molecule has 0 atom stereocenters. The molecule has 37 heavy (non-hydrogen) atoms. The first-order chi connectivity index (χ1) is 17.9. The summed E-state index contributed by atoms with van der Waals surface area (Å²) in [5.41, 5.74) is 2.62. The lowest BCUT2D eigenvalue weighted by Crippen LogP contribution is -2.28. The second kappa shape index (κ2) is 12.7. The van der Waals surface area contributed by atoms with Crippen LogP contribution in [0.4, 0.5) is 5.69 Å². The van der Waals surface area contributed by atoms with Crippen molar-refractivity contribution in [2.75, 3.05) is 20.3 Å². The molecule has 1 fully saturated rings. The Morgan fingerprint density at radius 3 is 2.38 bits per heavy atom. The van der Waals surface area contributed by atoms with E-state index in [1.54, 1.807) is 12.0 Å². The number of thioether (sulfide) groups is 1. The summed E-state index contributed by atoms with van der Waals surface area (Å²) >= 11 is 8.44. The number of carbonyl (C=O) groups excluding carboxylic acids is 1. The first-order valence-corrected chi connectivity index (χ1v) is 14.1. The van der Waals surface area contributed by atoms with Crippen molar-refractivity contribution in [3.8, 4) is 17.2 Å². The van der Waals surface area contributed by atoms with Gasteiger partial charge in [0.15, 0.2) is 16.7 Å². The van der Waals surface area contributed by atoms with E-state index in [1.165, 1.54) is 11.8 Å². The SMILES string of the molecule is CCOc1cc(/C=C2/SC(=Nc3ccc(OC)cc3)N(CC)C2=O)cc(Br)c1OCc1ccc(Br)cc1. The number of ether oxygens (including phenoxy) is 3. The number of aliphatic imine (C=N–C) groups is 1. The van der Waals surface area contributed by atoms with Gasteiger partial charge in [-0.3, -0.25) is 9.69 Å². The number of hydrogen-bond donors (Lipinski definition) is 0. The Morgan fingerprint density at radius 1 is 1.00 bits per heavy atom. The fraction of sp³-hybridized carbons (Fsp3) is 0.214. The van der Waals surface area contributed by atoms with Crippen LogP contribution in [-0.4, -0.2) is 36.2 Å². The van der Waals surface area contributed by atoms with E-state index in [0.717, 1.165) is 31.5 Å². The van der Waals surface area contributed by atoms with Crippen LogP contribution < -0.4 is 14.2 Å². The third-order valence-electron chi connectivity index (χ3n) is 5.43. The van der Waals surface area contributed by atoms with E-state index in [9.17, 15) is 4.79 Å². The van der Waals surface area contributed by atoms with Crippen LogP contribution in [-0.2, 0) is 11.4 Å². The van der Waals surface area contributed by atoms with Crippen molar-refractivity contribution in [1.29, 1.82) is 0 Å². The highest BCUT2D eigenvalue weighted by atomic mass is 79.9. The van der Waals surface area contributed by atoms with E-state index in [4.69, 9.17) is 19.2 Å². The van der Waals surface area contributed by atoms with Gasteiger partial charge in [0.1, 0.15) is 12.4 Å². The minimum atomic E-state index is -0.0793. The number of nitrogens with zero attached hydrogens (tertiary/aromatic N) is 2. The zero-order chi connectivity index (χ0) is 26.4. The van der Waals surface area contributed by atoms with Gasteiger partial charge in [-0.15, -0.1) is 0 Å². The maximum absolute atomic E-state index is 13.2.